The molecule has 2 N–H and O–H groups in total. The number of hydrogen-bond donors (Lipinski definition) is 2. The Labute approximate surface area is 205 Å². The van der Waals surface area contributed by atoms with Crippen LogP contribution in [-0.2, 0) is 22.6 Å². The SMILES string of the molecule is O=C(NCc1cn(C2CCN(C(=O)/C=C/c3ccccc3)CC2)nn1)c1ccc(NS(=O)[O-])cc1. The fourth-order valence-electron chi connectivity index (χ4n) is 3.82. The lowest BCUT2D eigenvalue weighted by molar-refractivity contribution is -0.127. The first kappa shape index (κ1) is 24.3. The smallest absolute Gasteiger partial charge is 0.251 e. The maximum absolute atomic E-state index is 12.5. The molecule has 0 spiro atoms. The first-order valence-electron chi connectivity index (χ1n) is 11.1. The van der Waals surface area contributed by atoms with Crippen molar-refractivity contribution in [2.75, 3.05) is 17.8 Å². The lowest BCUT2D eigenvalue weighted by Crippen LogP contribution is -2.38. The lowest BCUT2D eigenvalue weighted by Gasteiger charge is -2.31. The number of hydrogen-bond acceptors (Lipinski definition) is 6. The van der Waals surface area contributed by atoms with Crippen molar-refractivity contribution in [2.45, 2.75) is 25.4 Å². The molecule has 2 amide bonds. The summed E-state index contributed by atoms with van der Waals surface area (Å²) in [7, 11) is 0. The third-order valence-electron chi connectivity index (χ3n) is 5.70. The number of rotatable bonds is 8. The number of nitrogens with one attached hydrogen (secondary N) is 2. The van der Waals surface area contributed by atoms with E-state index in [9.17, 15) is 18.4 Å². The minimum Gasteiger partial charge on any atom is -0.755 e. The Bertz CT molecular complexity index is 1200. The second kappa shape index (κ2) is 11.5. The lowest BCUT2D eigenvalue weighted by atomic mass is 10.1. The summed E-state index contributed by atoms with van der Waals surface area (Å²) in [6, 6.07) is 15.9. The Morgan fingerprint density at radius 3 is 2.49 bits per heavy atom. The molecule has 2 heterocycles. The van der Waals surface area contributed by atoms with Gasteiger partial charge in [0, 0.05) is 41.7 Å². The van der Waals surface area contributed by atoms with Gasteiger partial charge in [0.05, 0.1) is 18.8 Å². The second-order valence-electron chi connectivity index (χ2n) is 8.09. The van der Waals surface area contributed by atoms with E-state index in [-0.39, 0.29) is 24.4 Å². The first-order chi connectivity index (χ1) is 17.0. The highest BCUT2D eigenvalue weighted by Crippen LogP contribution is 2.22. The van der Waals surface area contributed by atoms with Gasteiger partial charge in [0.2, 0.25) is 5.91 Å². The third-order valence-corrected chi connectivity index (χ3v) is 6.11. The largest absolute Gasteiger partial charge is 0.755 e. The van der Waals surface area contributed by atoms with E-state index in [2.05, 4.69) is 20.4 Å². The van der Waals surface area contributed by atoms with Crippen molar-refractivity contribution in [3.05, 3.63) is 83.7 Å². The highest BCUT2D eigenvalue weighted by molar-refractivity contribution is 7.80. The maximum atomic E-state index is 12.5. The zero-order valence-corrected chi connectivity index (χ0v) is 19.7. The van der Waals surface area contributed by atoms with Crippen LogP contribution in [0.15, 0.2) is 66.9 Å². The maximum Gasteiger partial charge on any atom is 0.251 e. The second-order valence-corrected chi connectivity index (χ2v) is 8.76. The first-order valence-corrected chi connectivity index (χ1v) is 12.2. The van der Waals surface area contributed by atoms with Gasteiger partial charge in [0.15, 0.2) is 0 Å². The summed E-state index contributed by atoms with van der Waals surface area (Å²) in [6.07, 6.45) is 6.80. The Hall–Kier alpha value is -3.83. The molecule has 182 valence electrons. The minimum absolute atomic E-state index is 0.000559. The summed E-state index contributed by atoms with van der Waals surface area (Å²) in [4.78, 5) is 26.7. The van der Waals surface area contributed by atoms with Gasteiger partial charge in [-0.3, -0.25) is 13.8 Å². The third kappa shape index (κ3) is 6.84. The number of nitrogens with zero attached hydrogens (tertiary/aromatic N) is 4. The summed E-state index contributed by atoms with van der Waals surface area (Å²) < 4.78 is 25.3. The molecule has 3 aromatic rings. The number of carbonyl (C=O) groups is 2. The topological polar surface area (TPSA) is 132 Å². The van der Waals surface area contributed by atoms with Crippen LogP contribution in [0, 0.1) is 0 Å². The summed E-state index contributed by atoms with van der Waals surface area (Å²) >= 11 is -2.42. The molecule has 11 heteroatoms. The molecule has 1 fully saturated rings. The van der Waals surface area contributed by atoms with Gasteiger partial charge >= 0.3 is 0 Å². The molecule has 10 nitrogen and oxygen atoms in total. The average molecular weight is 494 g/mol. The molecular weight excluding hydrogens is 468 g/mol. The summed E-state index contributed by atoms with van der Waals surface area (Å²) in [5.41, 5.74) is 2.39. The molecule has 4 rings (SSSR count). The van der Waals surface area contributed by atoms with Crippen molar-refractivity contribution >= 4 is 34.8 Å². The minimum atomic E-state index is -2.42. The molecular formula is C24H25N6O4S-. The van der Waals surface area contributed by atoms with Crippen LogP contribution >= 0.6 is 0 Å². The standard InChI is InChI=1S/C24H26N6O4S/c31-23(11-6-18-4-2-1-3-5-18)29-14-12-22(13-15-29)30-17-21(26-28-30)16-25-24(32)19-7-9-20(10-8-19)27-35(33)34/h1-11,17,22,27H,12-16H2,(H,25,32)(H,33,34)/p-1/b11-6+. The van der Waals surface area contributed by atoms with Gasteiger partial charge in [-0.25, -0.2) is 4.68 Å². The molecule has 1 atom stereocenters. The van der Waals surface area contributed by atoms with Crippen molar-refractivity contribution in [1.29, 1.82) is 0 Å². The van der Waals surface area contributed by atoms with Gasteiger partial charge in [-0.2, -0.15) is 0 Å². The summed E-state index contributed by atoms with van der Waals surface area (Å²) in [6.45, 7) is 1.49. The molecule has 1 aliphatic rings. The number of aromatic nitrogens is 3. The van der Waals surface area contributed by atoms with E-state index < -0.39 is 11.3 Å². The van der Waals surface area contributed by atoms with E-state index in [0.29, 0.717) is 30.0 Å². The fraction of sp³-hybridized carbons (Fsp3) is 0.250. The van der Waals surface area contributed by atoms with Gasteiger partial charge in [-0.1, -0.05) is 35.5 Å². The average Bonchev–Trinajstić information content (AvgIpc) is 3.36. The predicted octanol–water partition coefficient (Wildman–Crippen LogP) is 2.29. The van der Waals surface area contributed by atoms with Gasteiger partial charge < -0.3 is 19.5 Å². The number of amides is 2. The normalized spacial score (nSPS) is 15.2. The summed E-state index contributed by atoms with van der Waals surface area (Å²) in [5, 5.41) is 11.1. The molecule has 1 unspecified atom stereocenters. The van der Waals surface area contributed by atoms with Crippen molar-refractivity contribution < 1.29 is 18.4 Å². The van der Waals surface area contributed by atoms with Gasteiger partial charge in [0.1, 0.15) is 5.69 Å². The number of piperidine rings is 1. The van der Waals surface area contributed by atoms with Gasteiger partial charge in [-0.05, 0) is 48.7 Å². The molecule has 0 aliphatic carbocycles. The number of anilines is 1. The van der Waals surface area contributed by atoms with Crippen molar-refractivity contribution in [1.82, 2.24) is 25.2 Å². The number of likely N-dealkylation sites (tertiary alicyclic amines) is 1. The quantitative estimate of drug-likeness (QED) is 0.366. The Morgan fingerprint density at radius 2 is 1.80 bits per heavy atom. The molecule has 2 aromatic carbocycles. The zero-order chi connectivity index (χ0) is 24.6. The van der Waals surface area contributed by atoms with Gasteiger partial charge in [0.25, 0.3) is 5.91 Å². The molecule has 1 aromatic heterocycles. The highest BCUT2D eigenvalue weighted by atomic mass is 32.2. The fourth-order valence-corrected chi connectivity index (χ4v) is 4.15. The monoisotopic (exact) mass is 493 g/mol. The van der Waals surface area contributed by atoms with Crippen LogP contribution in [0.25, 0.3) is 6.08 Å². The predicted molar refractivity (Wildman–Crippen MR) is 131 cm³/mol. The van der Waals surface area contributed by atoms with Crippen LogP contribution < -0.4 is 10.0 Å². The molecule has 0 radical (unpaired) electrons. The molecule has 1 aliphatic heterocycles. The molecule has 1 saturated heterocycles. The van der Waals surface area contributed by atoms with Crippen LogP contribution in [0.5, 0.6) is 0 Å². The Morgan fingerprint density at radius 1 is 1.09 bits per heavy atom. The van der Waals surface area contributed by atoms with Crippen molar-refractivity contribution in [3.63, 3.8) is 0 Å². The van der Waals surface area contributed by atoms with Crippen LogP contribution in [0.4, 0.5) is 5.69 Å². The van der Waals surface area contributed by atoms with E-state index >= 15 is 0 Å². The van der Waals surface area contributed by atoms with E-state index in [1.165, 1.54) is 24.3 Å². The molecule has 0 bridgehead atoms. The number of benzene rings is 2. The molecule has 35 heavy (non-hydrogen) atoms. The van der Waals surface area contributed by atoms with E-state index in [4.69, 9.17) is 0 Å². The van der Waals surface area contributed by atoms with E-state index in [1.54, 1.807) is 10.8 Å². The Kier molecular flexibility index (Phi) is 8.01. The van der Waals surface area contributed by atoms with E-state index in [0.717, 1.165) is 18.4 Å². The zero-order valence-electron chi connectivity index (χ0n) is 18.9. The Balaban J connectivity index is 1.24. The van der Waals surface area contributed by atoms with Gasteiger partial charge in [-0.15, -0.1) is 5.10 Å². The summed E-state index contributed by atoms with van der Waals surface area (Å²) in [5.74, 6) is -0.302. The van der Waals surface area contributed by atoms with Crippen LogP contribution in [0.2, 0.25) is 0 Å². The van der Waals surface area contributed by atoms with Crippen LogP contribution in [0.3, 0.4) is 0 Å². The number of carbonyl (C=O) groups excluding carboxylic acids is 2. The van der Waals surface area contributed by atoms with Crippen molar-refractivity contribution in [3.8, 4) is 0 Å². The van der Waals surface area contributed by atoms with Crippen LogP contribution in [0.1, 0.15) is 40.5 Å². The van der Waals surface area contributed by atoms with Crippen molar-refractivity contribution in [2.24, 2.45) is 0 Å². The highest BCUT2D eigenvalue weighted by Gasteiger charge is 2.23. The van der Waals surface area contributed by atoms with Crippen LogP contribution in [-0.4, -0.2) is 53.6 Å². The van der Waals surface area contributed by atoms with E-state index in [1.807, 2.05) is 47.5 Å². The molecule has 0 saturated carbocycles.